The topological polar surface area (TPSA) is 50.8 Å². The van der Waals surface area contributed by atoms with Crippen molar-refractivity contribution in [3.05, 3.63) is 28.2 Å². The first-order chi connectivity index (χ1) is 10.1. The van der Waals surface area contributed by atoms with Gasteiger partial charge in [-0.1, -0.05) is 15.9 Å². The number of methoxy groups -OCH3 is 1. The molecule has 21 heavy (non-hydrogen) atoms. The molecule has 6 heteroatoms. The van der Waals surface area contributed by atoms with Crippen molar-refractivity contribution in [2.24, 2.45) is 0 Å². The van der Waals surface area contributed by atoms with Crippen LogP contribution in [0.1, 0.15) is 12.5 Å². The van der Waals surface area contributed by atoms with Crippen molar-refractivity contribution in [1.82, 2.24) is 10.2 Å². The van der Waals surface area contributed by atoms with Crippen LogP contribution < -0.4 is 10.1 Å². The molecule has 1 saturated heterocycles. The first-order valence-corrected chi connectivity index (χ1v) is 7.83. The molecule has 2 rings (SSSR count). The van der Waals surface area contributed by atoms with Crippen LogP contribution in [0, 0.1) is 0 Å². The van der Waals surface area contributed by atoms with Crippen LogP contribution in [0.25, 0.3) is 0 Å². The van der Waals surface area contributed by atoms with Gasteiger partial charge in [0.1, 0.15) is 5.75 Å². The molecule has 0 bridgehead atoms. The van der Waals surface area contributed by atoms with Crippen molar-refractivity contribution in [3.63, 3.8) is 0 Å². The molecule has 1 atom stereocenters. The van der Waals surface area contributed by atoms with Crippen LogP contribution in [0.15, 0.2) is 22.7 Å². The fourth-order valence-corrected chi connectivity index (χ4v) is 2.61. The van der Waals surface area contributed by atoms with Crippen molar-refractivity contribution in [2.45, 2.75) is 19.5 Å². The largest absolute Gasteiger partial charge is 0.497 e. The average Bonchev–Trinajstić information content (AvgIpc) is 2.54. The van der Waals surface area contributed by atoms with E-state index in [2.05, 4.69) is 21.2 Å². The van der Waals surface area contributed by atoms with Gasteiger partial charge in [-0.05, 0) is 30.7 Å². The second-order valence-corrected chi connectivity index (χ2v) is 5.85. The number of carbonyl (C=O) groups excluding carboxylic acids is 1. The number of carbonyl (C=O) groups is 1. The molecule has 1 aromatic carbocycles. The predicted octanol–water partition coefficient (Wildman–Crippen LogP) is 1.79. The van der Waals surface area contributed by atoms with Crippen molar-refractivity contribution < 1.29 is 14.3 Å². The monoisotopic (exact) mass is 356 g/mol. The van der Waals surface area contributed by atoms with Crippen LogP contribution in [-0.4, -0.2) is 50.3 Å². The summed E-state index contributed by atoms with van der Waals surface area (Å²) in [5.41, 5.74) is 1.07. The highest BCUT2D eigenvalue weighted by atomic mass is 79.9. The van der Waals surface area contributed by atoms with Crippen LogP contribution in [0.2, 0.25) is 0 Å². The zero-order valence-corrected chi connectivity index (χ0v) is 14.0. The number of nitrogens with one attached hydrogen (secondary N) is 1. The number of nitrogens with zero attached hydrogens (tertiary/aromatic N) is 1. The first-order valence-electron chi connectivity index (χ1n) is 7.04. The lowest BCUT2D eigenvalue weighted by atomic mass is 10.2. The molecule has 1 heterocycles. The van der Waals surface area contributed by atoms with E-state index in [0.29, 0.717) is 32.8 Å². The highest BCUT2D eigenvalue weighted by Crippen LogP contribution is 2.22. The van der Waals surface area contributed by atoms with Gasteiger partial charge in [-0.15, -0.1) is 0 Å². The van der Waals surface area contributed by atoms with Crippen LogP contribution in [0.3, 0.4) is 0 Å². The summed E-state index contributed by atoms with van der Waals surface area (Å²) in [6.45, 7) is 5.10. The molecule has 0 spiro atoms. The molecular formula is C15H21BrN2O3. The number of amides is 1. The van der Waals surface area contributed by atoms with Gasteiger partial charge in [0, 0.05) is 24.1 Å². The van der Waals surface area contributed by atoms with E-state index < -0.39 is 0 Å². The Kier molecular flexibility index (Phi) is 6.02. The zero-order valence-electron chi connectivity index (χ0n) is 12.4. The number of rotatable bonds is 5. The first kappa shape index (κ1) is 16.3. The predicted molar refractivity (Wildman–Crippen MR) is 84.4 cm³/mol. The minimum Gasteiger partial charge on any atom is -0.497 e. The number of hydrogen-bond acceptors (Lipinski definition) is 4. The van der Waals surface area contributed by atoms with E-state index in [1.165, 1.54) is 0 Å². The summed E-state index contributed by atoms with van der Waals surface area (Å²) in [7, 11) is 1.64. The van der Waals surface area contributed by atoms with Crippen LogP contribution >= 0.6 is 15.9 Å². The molecule has 1 unspecified atom stereocenters. The normalized spacial score (nSPS) is 16.6. The number of halogens is 1. The minimum absolute atomic E-state index is 0.123. The van der Waals surface area contributed by atoms with Gasteiger partial charge in [-0.25, -0.2) is 0 Å². The zero-order chi connectivity index (χ0) is 15.2. The molecule has 1 aromatic rings. The standard InChI is InChI=1S/C15H21BrN2O3/c1-11(15(19)18-5-7-21-8-6-18)17-10-12-9-13(20-2)3-4-14(12)16/h3-4,9,11,17H,5-8,10H2,1-2H3. The fraction of sp³-hybridized carbons (Fsp3) is 0.533. The molecule has 0 radical (unpaired) electrons. The summed E-state index contributed by atoms with van der Waals surface area (Å²) < 4.78 is 11.5. The summed E-state index contributed by atoms with van der Waals surface area (Å²) in [4.78, 5) is 14.1. The quantitative estimate of drug-likeness (QED) is 0.873. The van der Waals surface area contributed by atoms with Crippen molar-refractivity contribution >= 4 is 21.8 Å². The summed E-state index contributed by atoms with van der Waals surface area (Å²) >= 11 is 3.52. The van der Waals surface area contributed by atoms with E-state index in [4.69, 9.17) is 9.47 Å². The Bertz CT molecular complexity index is 490. The minimum atomic E-state index is -0.221. The lowest BCUT2D eigenvalue weighted by molar-refractivity contribution is -0.137. The third-order valence-corrected chi connectivity index (χ3v) is 4.32. The molecule has 116 valence electrons. The van der Waals surface area contributed by atoms with Gasteiger partial charge in [-0.3, -0.25) is 4.79 Å². The van der Waals surface area contributed by atoms with Gasteiger partial charge < -0.3 is 19.7 Å². The highest BCUT2D eigenvalue weighted by molar-refractivity contribution is 9.10. The Morgan fingerprint density at radius 2 is 2.19 bits per heavy atom. The summed E-state index contributed by atoms with van der Waals surface area (Å²) in [6.07, 6.45) is 0. The number of morpholine rings is 1. The number of ether oxygens (including phenoxy) is 2. The Balaban J connectivity index is 1.91. The van der Waals surface area contributed by atoms with Gasteiger partial charge in [0.05, 0.1) is 26.4 Å². The van der Waals surface area contributed by atoms with Gasteiger partial charge in [-0.2, -0.15) is 0 Å². The average molecular weight is 357 g/mol. The summed E-state index contributed by atoms with van der Waals surface area (Å²) in [5, 5.41) is 3.27. The van der Waals surface area contributed by atoms with E-state index in [-0.39, 0.29) is 11.9 Å². The van der Waals surface area contributed by atoms with Gasteiger partial charge in [0.25, 0.3) is 0 Å². The van der Waals surface area contributed by atoms with Crippen molar-refractivity contribution in [3.8, 4) is 5.75 Å². The summed E-state index contributed by atoms with van der Waals surface area (Å²) in [6, 6.07) is 5.59. The Morgan fingerprint density at radius 3 is 2.86 bits per heavy atom. The highest BCUT2D eigenvalue weighted by Gasteiger charge is 2.22. The molecule has 0 aliphatic carbocycles. The van der Waals surface area contributed by atoms with Gasteiger partial charge in [0.2, 0.25) is 5.91 Å². The SMILES string of the molecule is COc1ccc(Br)c(CNC(C)C(=O)N2CCOCC2)c1. The Labute approximate surface area is 133 Å². The smallest absolute Gasteiger partial charge is 0.239 e. The second kappa shape index (κ2) is 7.77. The Morgan fingerprint density at radius 1 is 1.48 bits per heavy atom. The third-order valence-electron chi connectivity index (χ3n) is 3.54. The van der Waals surface area contributed by atoms with E-state index in [9.17, 15) is 4.79 Å². The maximum absolute atomic E-state index is 12.3. The van der Waals surface area contributed by atoms with Crippen molar-refractivity contribution in [1.29, 1.82) is 0 Å². The molecule has 5 nitrogen and oxygen atoms in total. The third kappa shape index (κ3) is 4.43. The second-order valence-electron chi connectivity index (χ2n) is 5.00. The lowest BCUT2D eigenvalue weighted by Crippen LogP contribution is -2.49. The molecule has 1 aliphatic rings. The van der Waals surface area contributed by atoms with Gasteiger partial charge >= 0.3 is 0 Å². The number of benzene rings is 1. The van der Waals surface area contributed by atoms with E-state index in [0.717, 1.165) is 15.8 Å². The van der Waals surface area contributed by atoms with Crippen LogP contribution in [-0.2, 0) is 16.1 Å². The van der Waals surface area contributed by atoms with Gasteiger partial charge in [0.15, 0.2) is 0 Å². The molecule has 0 aromatic heterocycles. The van der Waals surface area contributed by atoms with E-state index in [1.54, 1.807) is 7.11 Å². The molecular weight excluding hydrogens is 336 g/mol. The number of hydrogen-bond donors (Lipinski definition) is 1. The lowest BCUT2D eigenvalue weighted by Gasteiger charge is -2.29. The maximum atomic E-state index is 12.3. The molecule has 1 amide bonds. The summed E-state index contributed by atoms with van der Waals surface area (Å²) in [5.74, 6) is 0.930. The molecule has 0 saturated carbocycles. The van der Waals surface area contributed by atoms with E-state index >= 15 is 0 Å². The van der Waals surface area contributed by atoms with Crippen LogP contribution in [0.4, 0.5) is 0 Å². The van der Waals surface area contributed by atoms with Crippen molar-refractivity contribution in [2.75, 3.05) is 33.4 Å². The molecule has 1 N–H and O–H groups in total. The Hall–Kier alpha value is -1.11. The molecule has 1 aliphatic heterocycles. The maximum Gasteiger partial charge on any atom is 0.239 e. The fourth-order valence-electron chi connectivity index (χ4n) is 2.22. The van der Waals surface area contributed by atoms with E-state index in [1.807, 2.05) is 30.0 Å². The molecule has 1 fully saturated rings. The van der Waals surface area contributed by atoms with Crippen LogP contribution in [0.5, 0.6) is 5.75 Å².